The van der Waals surface area contributed by atoms with Crippen molar-refractivity contribution >= 4 is 144 Å². The first-order valence-corrected chi connectivity index (χ1v) is 45.7. The Morgan fingerprint density at radius 2 is 1.14 bits per heavy atom. The van der Waals surface area contributed by atoms with Gasteiger partial charge in [0.2, 0.25) is 94.5 Å². The van der Waals surface area contributed by atoms with Gasteiger partial charge in [-0.1, -0.05) is 107 Å². The second-order valence-corrected chi connectivity index (χ2v) is 37.5. The van der Waals surface area contributed by atoms with Crippen LogP contribution in [0, 0.1) is 6.92 Å². The SMILES string of the molecule is CC(=O)NCCCC[C@H](NC(=O)C(C)(CCCCN)NC(=O)[C@H](Cc1ccc2ccccc2c1)NC(=O)[C@H](Cc1ccc(OCCN)cc1)NC(=O)[C@H]1NC(=O)[C@H](CCCNC(N)=O)NC(=O)[C@H](Cc2c[nH]c3c(C)cccc23)NC(=O)[C@H]([C@@H](C)O)NC(=O)[C@H](CC(N)=O)NC(=O)[C@@H](NC(C)=O)C(C)(C)SSC1(C)C)C(=O)N[C@@H](CC(N)=O)C(=O)N[C@H](Cc1ccc(O)cc1)C(N)=O. The zero-order chi connectivity index (χ0) is 98.2. The number of aromatic hydroxyl groups is 1. The number of hydrogen-bond acceptors (Lipinski definition) is 24. The zero-order valence-corrected chi connectivity index (χ0v) is 77.5. The number of ether oxygens (including phenoxy) is 1. The average molecular weight is 1890 g/mol. The standard InChI is InChI=1S/C90H125N21O20S2/c1-48-18-16-21-60-57(47-99-71(48)60)44-66-79(122)101-61(23-17-38-98-87(96)130)77(120)110-74(89(7,8)133-132-88(5,6)73(100-51(4)114)84(127)107-68(46-70(94)117)81(124)109-72(49(2)112)83(126)105-66)85(128)106-64(42-53-27-32-59(33-28-53)131-39-36-92)78(121)103-65(43-54-24-29-55-19-10-11-20-56(55)40-54)82(125)111-90(9,34-13-14-35-91)86(129)108-62(22-12-15-37-97-50(3)113)76(119)104-67(45-69(93)116)80(123)102-63(75(95)118)41-52-25-30-58(115)31-26-52/h10-11,16,18-21,24-33,40,47,49,61-68,72-74,99,112,115H,12-15,17,22-23,34-39,41-46,91-92H2,1-9H3,(H2,93,116)(H2,94,117)(H2,95,118)(H,97,113)(H,100,114)(H,101,122)(H,102,123)(H,103,121)(H,104,119)(H,105,126)(H,106,128)(H,107,127)(H,108,129)(H,109,124)(H,110,120)(H,111,125)(H3,96,98,130)/t49-,61+,62+,63-,64+,65+,66+,67+,68+,72+,73-,74-,90?/m1/s1. The van der Waals surface area contributed by atoms with E-state index in [4.69, 9.17) is 39.1 Å². The number of para-hydroxylation sites is 1. The van der Waals surface area contributed by atoms with E-state index in [0.29, 0.717) is 44.3 Å². The minimum Gasteiger partial charge on any atom is -0.508 e. The molecule has 1 aliphatic heterocycles. The summed E-state index contributed by atoms with van der Waals surface area (Å²) in [5.74, 6) is -16.0. The molecule has 43 heteroatoms. The highest BCUT2D eigenvalue weighted by Gasteiger charge is 2.47. The molecule has 6 aromatic rings. The van der Waals surface area contributed by atoms with E-state index in [1.165, 1.54) is 65.8 Å². The molecule has 5 aromatic carbocycles. The van der Waals surface area contributed by atoms with Gasteiger partial charge >= 0.3 is 6.03 Å². The van der Waals surface area contributed by atoms with Crippen molar-refractivity contribution < 1.29 is 96.5 Å². The molecular formula is C90H125N21O20S2. The van der Waals surface area contributed by atoms with E-state index in [1.54, 1.807) is 66.9 Å². The number of aromatic nitrogens is 1. The molecule has 1 unspecified atom stereocenters. The molecule has 0 saturated carbocycles. The number of aromatic amines is 1. The van der Waals surface area contributed by atoms with Crippen LogP contribution in [0.4, 0.5) is 4.79 Å². The van der Waals surface area contributed by atoms with Crippen molar-refractivity contribution in [2.24, 2.45) is 34.4 Å². The number of phenols is 1. The molecule has 29 N–H and O–H groups in total. The first kappa shape index (κ1) is 107. The summed E-state index contributed by atoms with van der Waals surface area (Å²) in [6, 6.07) is 9.61. The quantitative estimate of drug-likeness (QED) is 0.0155. The third-order valence-corrected chi connectivity index (χ3v) is 26.3. The van der Waals surface area contributed by atoms with Crippen molar-refractivity contribution in [3.63, 3.8) is 0 Å². The number of urea groups is 1. The van der Waals surface area contributed by atoms with Gasteiger partial charge in [-0.2, -0.15) is 0 Å². The third-order valence-electron chi connectivity index (χ3n) is 22.1. The molecule has 133 heavy (non-hydrogen) atoms. The third kappa shape index (κ3) is 33.3. The number of carbonyl (C=O) groups is 17. The number of amides is 18. The average Bonchev–Trinajstić information content (AvgIpc) is 1.30. The molecule has 1 aromatic heterocycles. The van der Waals surface area contributed by atoms with E-state index in [-0.39, 0.29) is 115 Å². The minimum atomic E-state index is -2.06. The van der Waals surface area contributed by atoms with Crippen LogP contribution in [0.3, 0.4) is 0 Å². The van der Waals surface area contributed by atoms with Crippen molar-refractivity contribution in [2.45, 2.75) is 240 Å². The fraction of sp³-hybridized carbons (Fsp3) is 0.478. The number of aliphatic hydroxyl groups is 1. The van der Waals surface area contributed by atoms with Gasteiger partial charge in [0.1, 0.15) is 90.1 Å². The summed E-state index contributed by atoms with van der Waals surface area (Å²) in [5, 5.41) is 60.2. The predicted molar refractivity (Wildman–Crippen MR) is 498 cm³/mol. The second-order valence-electron chi connectivity index (χ2n) is 34.1. The van der Waals surface area contributed by atoms with Crippen molar-refractivity contribution in [3.8, 4) is 11.5 Å². The number of primary amides is 4. The van der Waals surface area contributed by atoms with Crippen molar-refractivity contribution in [3.05, 3.63) is 143 Å². The Morgan fingerprint density at radius 3 is 1.77 bits per heavy atom. The number of nitrogens with two attached hydrogens (primary N) is 6. The fourth-order valence-electron chi connectivity index (χ4n) is 14.7. The number of benzene rings is 5. The summed E-state index contributed by atoms with van der Waals surface area (Å²) in [5.41, 5.74) is 35.5. The van der Waals surface area contributed by atoms with Crippen molar-refractivity contribution in [1.29, 1.82) is 0 Å². The van der Waals surface area contributed by atoms with Gasteiger partial charge in [0, 0.05) is 85.8 Å². The number of phenolic OH excluding ortho intramolecular Hbond substituents is 1. The highest BCUT2D eigenvalue weighted by atomic mass is 33.1. The van der Waals surface area contributed by atoms with E-state index in [0.717, 1.165) is 46.4 Å². The Kier molecular flexibility index (Phi) is 40.6. The number of fused-ring (bicyclic) bond motifs is 2. The van der Waals surface area contributed by atoms with Crippen molar-refractivity contribution in [1.82, 2.24) is 79.4 Å². The van der Waals surface area contributed by atoms with Crippen LogP contribution in [0.5, 0.6) is 11.5 Å². The van der Waals surface area contributed by atoms with Crippen LogP contribution in [0.25, 0.3) is 21.7 Å². The van der Waals surface area contributed by atoms with Gasteiger partial charge in [-0.25, -0.2) is 4.79 Å². The molecule has 0 bridgehead atoms. The Bertz CT molecular complexity index is 5160. The van der Waals surface area contributed by atoms with Crippen LogP contribution < -0.4 is 114 Å². The number of H-pyrrole nitrogens is 1. The highest BCUT2D eigenvalue weighted by molar-refractivity contribution is 8.77. The minimum absolute atomic E-state index is 0.0928. The first-order chi connectivity index (χ1) is 62.8. The lowest BCUT2D eigenvalue weighted by Crippen LogP contribution is -2.65. The van der Waals surface area contributed by atoms with Gasteiger partial charge < -0.3 is 129 Å². The molecule has 1 saturated heterocycles. The van der Waals surface area contributed by atoms with Gasteiger partial charge in [-0.3, -0.25) is 76.7 Å². The second kappa shape index (κ2) is 50.5. The molecule has 1 aliphatic rings. The summed E-state index contributed by atoms with van der Waals surface area (Å²) < 4.78 is 2.51. The largest absolute Gasteiger partial charge is 0.508 e. The molecule has 0 aliphatic carbocycles. The predicted octanol–water partition coefficient (Wildman–Crippen LogP) is -1.38. The van der Waals surface area contributed by atoms with Crippen LogP contribution in [-0.2, 0) is 102 Å². The number of rotatable bonds is 43. The summed E-state index contributed by atoms with van der Waals surface area (Å²) in [6.45, 7) is 13.0. The molecular weight excluding hydrogens is 1760 g/mol. The molecule has 0 spiro atoms. The number of aliphatic hydroxyl groups excluding tert-OH is 1. The summed E-state index contributed by atoms with van der Waals surface area (Å²) in [6.07, 6.45) is -3.28. The Hall–Kier alpha value is -13.1. The van der Waals surface area contributed by atoms with Gasteiger partial charge in [0.15, 0.2) is 0 Å². The summed E-state index contributed by atoms with van der Waals surface area (Å²) >= 11 is 0. The number of aryl methyl sites for hydroxylation is 1. The summed E-state index contributed by atoms with van der Waals surface area (Å²) in [7, 11) is 1.76. The van der Waals surface area contributed by atoms with Crippen LogP contribution >= 0.6 is 21.6 Å². The summed E-state index contributed by atoms with van der Waals surface area (Å²) in [4.78, 5) is 247. The van der Waals surface area contributed by atoms with E-state index < -0.39 is 201 Å². The lowest BCUT2D eigenvalue weighted by molar-refractivity contribution is -0.138. The maximum absolute atomic E-state index is 16.3. The van der Waals surface area contributed by atoms with E-state index in [2.05, 4.69) is 79.4 Å². The number of nitrogens with one attached hydrogen (secondary N) is 15. The fourth-order valence-corrected chi connectivity index (χ4v) is 17.6. The molecule has 1 fully saturated rings. The topological polar surface area (TPSA) is 680 Å². The van der Waals surface area contributed by atoms with Gasteiger partial charge in [-0.15, -0.1) is 0 Å². The van der Waals surface area contributed by atoms with Crippen LogP contribution in [0.15, 0.2) is 115 Å². The molecule has 18 amide bonds. The first-order valence-electron chi connectivity index (χ1n) is 43.6. The maximum atomic E-state index is 16.3. The van der Waals surface area contributed by atoms with Crippen LogP contribution in [0.1, 0.15) is 147 Å². The number of carbonyl (C=O) groups excluding carboxylic acids is 17. The molecule has 0 radical (unpaired) electrons. The van der Waals surface area contributed by atoms with Crippen molar-refractivity contribution in [2.75, 3.05) is 32.8 Å². The Morgan fingerprint density at radius 1 is 0.556 bits per heavy atom. The Balaban J connectivity index is 1.36. The van der Waals surface area contributed by atoms with Crippen LogP contribution in [-0.4, -0.2) is 236 Å². The molecule has 7 rings (SSSR count). The van der Waals surface area contributed by atoms with E-state index in [9.17, 15) is 63.0 Å². The number of unbranched alkanes of at least 4 members (excludes halogenated alkanes) is 2. The number of hydrogen-bond donors (Lipinski definition) is 23. The maximum Gasteiger partial charge on any atom is 0.312 e. The monoisotopic (exact) mass is 1880 g/mol. The smallest absolute Gasteiger partial charge is 0.312 e. The van der Waals surface area contributed by atoms with Crippen LogP contribution in [0.2, 0.25) is 0 Å². The van der Waals surface area contributed by atoms with E-state index >= 15 is 28.8 Å². The Labute approximate surface area is 777 Å². The molecule has 2 heterocycles. The lowest BCUT2D eigenvalue weighted by atomic mass is 9.91. The molecule has 41 nitrogen and oxygen atoms in total. The van der Waals surface area contributed by atoms with Gasteiger partial charge in [-0.05, 0) is 169 Å². The van der Waals surface area contributed by atoms with E-state index in [1.807, 2.05) is 31.2 Å². The normalized spacial score (nSPS) is 19.0. The zero-order valence-electron chi connectivity index (χ0n) is 75.9. The lowest BCUT2D eigenvalue weighted by Gasteiger charge is -2.39. The van der Waals surface area contributed by atoms with Gasteiger partial charge in [0.25, 0.3) is 0 Å². The van der Waals surface area contributed by atoms with Gasteiger partial charge in [0.05, 0.1) is 18.9 Å². The molecule has 13 atom stereocenters. The highest BCUT2D eigenvalue weighted by Crippen LogP contribution is 2.47. The molecule has 722 valence electrons.